The lowest BCUT2D eigenvalue weighted by molar-refractivity contribution is 0.461. The third kappa shape index (κ3) is 2.18. The second-order valence-corrected chi connectivity index (χ2v) is 5.50. The Morgan fingerprint density at radius 2 is 1.58 bits per heavy atom. The Kier molecular flexibility index (Phi) is 3.93. The molecular formula is C6H5Br2O3P. The van der Waals surface area contributed by atoms with E-state index in [-0.39, 0.29) is 0 Å². The largest absolute Gasteiger partial charge is 0.383 e. The number of hydrogen-bond donors (Lipinski definition) is 0. The van der Waals surface area contributed by atoms with Crippen LogP contribution in [0.15, 0.2) is 30.3 Å². The van der Waals surface area contributed by atoms with Crippen molar-refractivity contribution in [2.75, 3.05) is 0 Å². The van der Waals surface area contributed by atoms with E-state index in [0.717, 1.165) is 0 Å². The molecule has 0 atom stereocenters. The van der Waals surface area contributed by atoms with Gasteiger partial charge in [-0.1, -0.05) is 18.2 Å². The minimum atomic E-state index is -3.20. The van der Waals surface area contributed by atoms with Crippen molar-refractivity contribution in [3.05, 3.63) is 30.3 Å². The molecule has 0 aliphatic heterocycles. The molecule has 12 heavy (non-hydrogen) atoms. The van der Waals surface area contributed by atoms with Gasteiger partial charge in [-0.3, -0.25) is 4.57 Å². The summed E-state index contributed by atoms with van der Waals surface area (Å²) >= 11 is 5.30. The summed E-state index contributed by atoms with van der Waals surface area (Å²) < 4.78 is 20.8. The molecule has 0 unspecified atom stereocenters. The van der Waals surface area contributed by atoms with E-state index in [9.17, 15) is 4.57 Å². The van der Waals surface area contributed by atoms with Crippen LogP contribution in [0.2, 0.25) is 0 Å². The van der Waals surface area contributed by atoms with E-state index in [0.29, 0.717) is 5.30 Å². The number of rotatable bonds is 3. The van der Waals surface area contributed by atoms with Crippen molar-refractivity contribution in [2.24, 2.45) is 0 Å². The lowest BCUT2D eigenvalue weighted by atomic mass is 10.4. The molecule has 0 amide bonds. The average molecular weight is 316 g/mol. The molecule has 1 aromatic carbocycles. The fourth-order valence-corrected chi connectivity index (χ4v) is 3.25. The minimum Gasteiger partial charge on any atom is -0.253 e. The Bertz CT molecular complexity index is 282. The zero-order chi connectivity index (χ0) is 9.03. The summed E-state index contributed by atoms with van der Waals surface area (Å²) in [6.07, 6.45) is 0. The van der Waals surface area contributed by atoms with Crippen LogP contribution >= 0.6 is 40.1 Å². The molecule has 0 spiro atoms. The van der Waals surface area contributed by atoms with Gasteiger partial charge in [0.05, 0.1) is 5.30 Å². The quantitative estimate of drug-likeness (QED) is 0.804. The van der Waals surface area contributed by atoms with Crippen LogP contribution in [0.5, 0.6) is 0 Å². The van der Waals surface area contributed by atoms with Gasteiger partial charge < -0.3 is 0 Å². The highest BCUT2D eigenvalue weighted by atomic mass is 79.9. The van der Waals surface area contributed by atoms with E-state index in [1.165, 1.54) is 0 Å². The van der Waals surface area contributed by atoms with Gasteiger partial charge >= 0.3 is 7.60 Å². The Balaban J connectivity index is 3.04. The first-order valence-corrected chi connectivity index (χ1v) is 5.83. The van der Waals surface area contributed by atoms with Gasteiger partial charge in [0, 0.05) is 0 Å². The van der Waals surface area contributed by atoms with E-state index >= 15 is 0 Å². The van der Waals surface area contributed by atoms with Crippen LogP contribution in [-0.4, -0.2) is 0 Å². The zero-order valence-electron chi connectivity index (χ0n) is 5.81. The van der Waals surface area contributed by atoms with E-state index < -0.39 is 7.60 Å². The molecular weight excluding hydrogens is 311 g/mol. The highest BCUT2D eigenvalue weighted by Crippen LogP contribution is 2.50. The number of hydrogen-bond acceptors (Lipinski definition) is 3. The Morgan fingerprint density at radius 1 is 1.08 bits per heavy atom. The molecule has 0 radical (unpaired) electrons. The number of halogens is 2. The molecule has 6 heteroatoms. The van der Waals surface area contributed by atoms with Crippen LogP contribution in [0.4, 0.5) is 0 Å². The molecule has 3 nitrogen and oxygen atoms in total. The molecule has 0 saturated heterocycles. The first kappa shape index (κ1) is 10.4. The van der Waals surface area contributed by atoms with E-state index in [1.54, 1.807) is 24.3 Å². The van der Waals surface area contributed by atoms with Crippen LogP contribution in [0.25, 0.3) is 0 Å². The molecule has 0 fully saturated rings. The Morgan fingerprint density at radius 3 is 2.00 bits per heavy atom. The first-order valence-electron chi connectivity index (χ1n) is 2.99. The summed E-state index contributed by atoms with van der Waals surface area (Å²) in [6.45, 7) is 0. The molecule has 0 heterocycles. The predicted molar refractivity (Wildman–Crippen MR) is 53.7 cm³/mol. The maximum atomic E-state index is 11.6. The van der Waals surface area contributed by atoms with E-state index in [1.807, 2.05) is 6.07 Å². The summed E-state index contributed by atoms with van der Waals surface area (Å²) in [6, 6.07) is 8.63. The molecule has 0 aromatic heterocycles. The van der Waals surface area contributed by atoms with Crippen LogP contribution in [0.3, 0.4) is 0 Å². The predicted octanol–water partition coefficient (Wildman–Crippen LogP) is 3.16. The Labute approximate surface area is 87.5 Å². The Hall–Kier alpha value is 0.330. The third-order valence-electron chi connectivity index (χ3n) is 1.25. The maximum absolute atomic E-state index is 11.6. The van der Waals surface area contributed by atoms with Crippen LogP contribution in [0.1, 0.15) is 0 Å². The monoisotopic (exact) mass is 314 g/mol. The second kappa shape index (κ2) is 4.53. The molecule has 0 aliphatic rings. The average Bonchev–Trinajstić information content (AvgIpc) is 2.18. The van der Waals surface area contributed by atoms with Crippen molar-refractivity contribution < 1.29 is 11.8 Å². The lowest BCUT2D eigenvalue weighted by Crippen LogP contribution is -2.02. The second-order valence-electron chi connectivity index (χ2n) is 1.97. The van der Waals surface area contributed by atoms with Crippen molar-refractivity contribution in [1.29, 1.82) is 0 Å². The normalized spacial score (nSPS) is 11.5. The summed E-state index contributed by atoms with van der Waals surface area (Å²) in [7, 11) is -3.20. The first-order chi connectivity index (χ1) is 5.73. The van der Waals surface area contributed by atoms with Gasteiger partial charge in [0.1, 0.15) is 32.5 Å². The van der Waals surface area contributed by atoms with Crippen molar-refractivity contribution in [3.8, 4) is 0 Å². The van der Waals surface area contributed by atoms with Gasteiger partial charge in [0.25, 0.3) is 0 Å². The van der Waals surface area contributed by atoms with Gasteiger partial charge in [0.2, 0.25) is 0 Å². The van der Waals surface area contributed by atoms with Crippen molar-refractivity contribution in [2.45, 2.75) is 0 Å². The highest BCUT2D eigenvalue weighted by molar-refractivity contribution is 9.07. The van der Waals surface area contributed by atoms with Crippen LogP contribution in [-0.2, 0) is 11.8 Å². The van der Waals surface area contributed by atoms with Crippen molar-refractivity contribution in [3.63, 3.8) is 0 Å². The van der Waals surface area contributed by atoms with Crippen molar-refractivity contribution >= 4 is 45.4 Å². The smallest absolute Gasteiger partial charge is 0.253 e. The summed E-state index contributed by atoms with van der Waals surface area (Å²) in [5, 5.41) is 0.485. The van der Waals surface area contributed by atoms with Crippen LogP contribution < -0.4 is 5.30 Å². The maximum Gasteiger partial charge on any atom is 0.383 e. The summed E-state index contributed by atoms with van der Waals surface area (Å²) in [5.74, 6) is 0. The van der Waals surface area contributed by atoms with Gasteiger partial charge in [-0.25, -0.2) is 7.23 Å². The molecule has 0 saturated carbocycles. The van der Waals surface area contributed by atoms with Gasteiger partial charge in [-0.2, -0.15) is 0 Å². The number of benzene rings is 1. The summed E-state index contributed by atoms with van der Waals surface area (Å²) in [5.41, 5.74) is 0. The SMILES string of the molecule is O=P(OBr)(OBr)c1ccccc1. The highest BCUT2D eigenvalue weighted by Gasteiger charge is 2.26. The van der Waals surface area contributed by atoms with Crippen molar-refractivity contribution in [1.82, 2.24) is 0 Å². The third-order valence-corrected chi connectivity index (χ3v) is 4.84. The molecule has 1 rings (SSSR count). The van der Waals surface area contributed by atoms with Gasteiger partial charge in [-0.05, 0) is 12.1 Å². The van der Waals surface area contributed by atoms with Gasteiger partial charge in [-0.15, -0.1) is 0 Å². The van der Waals surface area contributed by atoms with Gasteiger partial charge in [0.15, 0.2) is 0 Å². The molecule has 1 aromatic rings. The molecule has 0 aliphatic carbocycles. The van der Waals surface area contributed by atoms with Crippen LogP contribution in [0, 0.1) is 0 Å². The standard InChI is InChI=1S/C6H5Br2O3P/c7-10-12(9,11-8)6-4-2-1-3-5-6/h1-5H. The molecule has 0 N–H and O–H groups in total. The molecule has 0 bridgehead atoms. The zero-order valence-corrected chi connectivity index (χ0v) is 9.88. The molecule has 66 valence electrons. The fraction of sp³-hybridized carbons (Fsp3) is 0. The lowest BCUT2D eigenvalue weighted by Gasteiger charge is -2.08. The summed E-state index contributed by atoms with van der Waals surface area (Å²) in [4.78, 5) is 0. The topological polar surface area (TPSA) is 35.5 Å². The van der Waals surface area contributed by atoms with E-state index in [4.69, 9.17) is 0 Å². The van der Waals surface area contributed by atoms with E-state index in [2.05, 4.69) is 39.7 Å². The fourth-order valence-electron chi connectivity index (χ4n) is 0.701. The minimum absolute atomic E-state index is 0.485.